The first-order valence-corrected chi connectivity index (χ1v) is 16.8. The number of nitrogens with zero attached hydrogens (tertiary/aromatic N) is 3. The quantitative estimate of drug-likeness (QED) is 0.0893. The van der Waals surface area contributed by atoms with Crippen LogP contribution in [0, 0.1) is 0 Å². The van der Waals surface area contributed by atoms with Crippen LogP contribution in [0.5, 0.6) is 0 Å². The van der Waals surface area contributed by atoms with Crippen molar-refractivity contribution in [2.24, 2.45) is 10.2 Å². The van der Waals surface area contributed by atoms with Crippen LogP contribution < -0.4 is 21.5 Å². The number of benzene rings is 4. The summed E-state index contributed by atoms with van der Waals surface area (Å²) in [5, 5.41) is 14.6. The molecule has 1 heterocycles. The van der Waals surface area contributed by atoms with Gasteiger partial charge in [-0.1, -0.05) is 114 Å². The third-order valence-corrected chi connectivity index (χ3v) is 8.04. The van der Waals surface area contributed by atoms with Crippen LogP contribution in [0.25, 0.3) is 0 Å². The fourth-order valence-corrected chi connectivity index (χ4v) is 5.12. The Morgan fingerprint density at radius 1 is 0.538 bits per heavy atom. The van der Waals surface area contributed by atoms with Crippen LogP contribution in [0.15, 0.2) is 138 Å². The predicted molar refractivity (Wildman–Crippen MR) is 201 cm³/mol. The molecule has 4 aromatic carbocycles. The van der Waals surface area contributed by atoms with Crippen LogP contribution in [0.1, 0.15) is 43.2 Å². The molecule has 0 aliphatic heterocycles. The largest absolute Gasteiger partial charge is 0.338 e. The Kier molecular flexibility index (Phi) is 13.4. The fraction of sp³-hybridized carbons (Fsp3) is 0.103. The van der Waals surface area contributed by atoms with Gasteiger partial charge in [0, 0.05) is 22.9 Å². The number of nitrogens with one attached hydrogen (secondary N) is 4. The number of hydrogen-bond donors (Lipinski definition) is 4. The Morgan fingerprint density at radius 2 is 0.923 bits per heavy atom. The molecular formula is C39H33Cl2N7O4. The average Bonchev–Trinajstić information content (AvgIpc) is 3.16. The summed E-state index contributed by atoms with van der Waals surface area (Å²) in [4.78, 5) is 57.6. The number of aromatic nitrogens is 1. The average molecular weight is 735 g/mol. The van der Waals surface area contributed by atoms with E-state index in [2.05, 4.69) is 36.7 Å². The Hall–Kier alpha value is -6.17. The van der Waals surface area contributed by atoms with E-state index in [1.54, 1.807) is 48.5 Å². The smallest absolute Gasteiger partial charge is 0.270 e. The fourth-order valence-electron chi connectivity index (χ4n) is 4.86. The van der Waals surface area contributed by atoms with E-state index >= 15 is 0 Å². The third-order valence-electron chi connectivity index (χ3n) is 7.54. The molecule has 0 fully saturated rings. The van der Waals surface area contributed by atoms with Gasteiger partial charge in [-0.25, -0.2) is 15.8 Å². The van der Waals surface area contributed by atoms with E-state index in [0.29, 0.717) is 21.2 Å². The van der Waals surface area contributed by atoms with Gasteiger partial charge in [0.1, 0.15) is 23.5 Å². The SMILES string of the molecule is O=C(N[C@@H](Cc1ccccc1)C(=O)N/N=C/c1ccc(Cl)cc1)c1cccc(C(=O)N[C@@H](Cc2ccccc2)C(=O)N/N=C/c2ccc(Cl)cc2)n1. The highest BCUT2D eigenvalue weighted by Crippen LogP contribution is 2.11. The van der Waals surface area contributed by atoms with Gasteiger partial charge in [-0.3, -0.25) is 19.2 Å². The lowest BCUT2D eigenvalue weighted by Crippen LogP contribution is -2.47. The summed E-state index contributed by atoms with van der Waals surface area (Å²) in [5.74, 6) is -2.51. The van der Waals surface area contributed by atoms with Gasteiger partial charge in [0.05, 0.1) is 12.4 Å². The Bertz CT molecular complexity index is 1900. The van der Waals surface area contributed by atoms with E-state index < -0.39 is 35.7 Å². The molecule has 262 valence electrons. The highest BCUT2D eigenvalue weighted by atomic mass is 35.5. The molecule has 52 heavy (non-hydrogen) atoms. The van der Waals surface area contributed by atoms with Crippen molar-refractivity contribution in [1.29, 1.82) is 0 Å². The molecule has 5 aromatic rings. The zero-order valence-electron chi connectivity index (χ0n) is 27.6. The standard InChI is InChI=1S/C39H33Cl2N7O4/c40-30-18-14-28(15-19-30)24-42-47-38(51)34(22-26-8-3-1-4-9-26)45-36(49)32-12-7-13-33(44-32)37(50)46-35(23-27-10-5-2-6-11-27)39(52)48-43-25-29-16-20-31(41)21-17-29/h1-21,24-25,34-35H,22-23H2,(H,45,49)(H,46,50)(H,47,51)(H,48,52)/b42-24+,43-25+/t34-,35-/m0/s1. The Balaban J connectivity index is 1.28. The first kappa shape index (κ1) is 37.1. The Morgan fingerprint density at radius 3 is 1.31 bits per heavy atom. The molecule has 0 saturated carbocycles. The van der Waals surface area contributed by atoms with Gasteiger partial charge in [0.2, 0.25) is 0 Å². The minimum Gasteiger partial charge on any atom is -0.338 e. The number of pyridine rings is 1. The zero-order chi connectivity index (χ0) is 36.7. The van der Waals surface area contributed by atoms with Crippen molar-refractivity contribution < 1.29 is 19.2 Å². The van der Waals surface area contributed by atoms with Gasteiger partial charge in [-0.05, 0) is 58.7 Å². The van der Waals surface area contributed by atoms with E-state index in [9.17, 15) is 19.2 Å². The number of halogens is 2. The van der Waals surface area contributed by atoms with E-state index in [4.69, 9.17) is 23.2 Å². The summed E-state index contributed by atoms with van der Waals surface area (Å²) >= 11 is 11.9. The van der Waals surface area contributed by atoms with Gasteiger partial charge < -0.3 is 10.6 Å². The summed E-state index contributed by atoms with van der Waals surface area (Å²) in [7, 11) is 0. The maximum atomic E-state index is 13.5. The molecule has 2 atom stereocenters. The lowest BCUT2D eigenvalue weighted by Gasteiger charge is -2.18. The first-order chi connectivity index (χ1) is 25.2. The van der Waals surface area contributed by atoms with Crippen LogP contribution >= 0.6 is 23.2 Å². The predicted octanol–water partition coefficient (Wildman–Crippen LogP) is 5.37. The summed E-state index contributed by atoms with van der Waals surface area (Å²) in [6.07, 6.45) is 3.23. The molecule has 13 heteroatoms. The van der Waals surface area contributed by atoms with Crippen molar-refractivity contribution in [3.05, 3.63) is 171 Å². The molecule has 4 amide bonds. The zero-order valence-corrected chi connectivity index (χ0v) is 29.1. The van der Waals surface area contributed by atoms with E-state index in [-0.39, 0.29) is 24.2 Å². The molecule has 1 aromatic heterocycles. The third kappa shape index (κ3) is 11.4. The van der Waals surface area contributed by atoms with E-state index in [1.807, 2.05) is 60.7 Å². The number of hydrazone groups is 2. The minimum absolute atomic E-state index is 0.111. The van der Waals surface area contributed by atoms with Crippen molar-refractivity contribution in [1.82, 2.24) is 26.5 Å². The highest BCUT2D eigenvalue weighted by molar-refractivity contribution is 6.30. The van der Waals surface area contributed by atoms with Gasteiger partial charge in [0.15, 0.2) is 0 Å². The minimum atomic E-state index is -1.04. The van der Waals surface area contributed by atoms with Gasteiger partial charge in [-0.2, -0.15) is 10.2 Å². The van der Waals surface area contributed by atoms with Gasteiger partial charge in [-0.15, -0.1) is 0 Å². The summed E-state index contributed by atoms with van der Waals surface area (Å²) in [5.41, 5.74) is 7.74. The molecule has 0 saturated heterocycles. The first-order valence-electron chi connectivity index (χ1n) is 16.1. The van der Waals surface area contributed by atoms with Crippen LogP contribution in [0.4, 0.5) is 0 Å². The van der Waals surface area contributed by atoms with Crippen molar-refractivity contribution >= 4 is 59.3 Å². The van der Waals surface area contributed by atoms with Crippen molar-refractivity contribution in [3.8, 4) is 0 Å². The monoisotopic (exact) mass is 733 g/mol. The molecule has 4 N–H and O–H groups in total. The van der Waals surface area contributed by atoms with Crippen molar-refractivity contribution in [2.75, 3.05) is 0 Å². The number of amides is 4. The highest BCUT2D eigenvalue weighted by Gasteiger charge is 2.25. The van der Waals surface area contributed by atoms with Gasteiger partial charge in [0.25, 0.3) is 23.6 Å². The lowest BCUT2D eigenvalue weighted by molar-refractivity contribution is -0.123. The second kappa shape index (κ2) is 18.7. The number of hydrogen-bond acceptors (Lipinski definition) is 7. The maximum absolute atomic E-state index is 13.5. The second-order valence-electron chi connectivity index (χ2n) is 11.4. The van der Waals surface area contributed by atoms with Crippen LogP contribution in [0.2, 0.25) is 10.0 Å². The summed E-state index contributed by atoms with van der Waals surface area (Å²) in [6.45, 7) is 0. The van der Waals surface area contributed by atoms with Crippen molar-refractivity contribution in [3.63, 3.8) is 0 Å². The van der Waals surface area contributed by atoms with E-state index in [1.165, 1.54) is 30.6 Å². The lowest BCUT2D eigenvalue weighted by atomic mass is 10.0. The second-order valence-corrected chi connectivity index (χ2v) is 12.3. The van der Waals surface area contributed by atoms with E-state index in [0.717, 1.165) is 11.1 Å². The molecule has 0 bridgehead atoms. The molecule has 0 aliphatic carbocycles. The maximum Gasteiger partial charge on any atom is 0.270 e. The number of carbonyl (C=O) groups is 4. The Labute approximate surface area is 310 Å². The molecular weight excluding hydrogens is 701 g/mol. The molecule has 5 rings (SSSR count). The van der Waals surface area contributed by atoms with Gasteiger partial charge >= 0.3 is 0 Å². The molecule has 0 unspecified atom stereocenters. The molecule has 0 radical (unpaired) electrons. The molecule has 11 nitrogen and oxygen atoms in total. The number of rotatable bonds is 14. The topological polar surface area (TPSA) is 154 Å². The van der Waals surface area contributed by atoms with Crippen LogP contribution in [-0.2, 0) is 22.4 Å². The number of carbonyl (C=O) groups excluding carboxylic acids is 4. The normalized spacial score (nSPS) is 12.2. The van der Waals surface area contributed by atoms with Crippen LogP contribution in [0.3, 0.4) is 0 Å². The van der Waals surface area contributed by atoms with Crippen molar-refractivity contribution in [2.45, 2.75) is 24.9 Å². The molecule has 0 aliphatic rings. The molecule has 0 spiro atoms. The summed E-state index contributed by atoms with van der Waals surface area (Å²) < 4.78 is 0. The summed E-state index contributed by atoms with van der Waals surface area (Å²) in [6, 6.07) is 34.3. The van der Waals surface area contributed by atoms with Crippen LogP contribution in [-0.4, -0.2) is 53.1 Å².